The van der Waals surface area contributed by atoms with Crippen molar-refractivity contribution in [2.24, 2.45) is 4.99 Å². The van der Waals surface area contributed by atoms with E-state index in [1.807, 2.05) is 38.4 Å². The molecular weight excluding hydrogens is 362 g/mol. The summed E-state index contributed by atoms with van der Waals surface area (Å²) < 4.78 is 5.72. The first-order chi connectivity index (χ1) is 13.3. The van der Waals surface area contributed by atoms with Gasteiger partial charge in [-0.25, -0.2) is 9.79 Å². The van der Waals surface area contributed by atoms with Crippen molar-refractivity contribution in [3.8, 4) is 5.75 Å². The highest BCUT2D eigenvalue weighted by Crippen LogP contribution is 2.25. The largest absolute Gasteiger partial charge is 0.491 e. The summed E-state index contributed by atoms with van der Waals surface area (Å²) in [5.74, 6) is 0.816. The minimum atomic E-state index is -0.843. The zero-order valence-electron chi connectivity index (χ0n) is 16.6. The molecule has 1 saturated heterocycles. The van der Waals surface area contributed by atoms with Gasteiger partial charge in [0.2, 0.25) is 0 Å². The van der Waals surface area contributed by atoms with E-state index in [9.17, 15) is 14.7 Å². The number of carbonyl (C=O) groups is 2. The van der Waals surface area contributed by atoms with Gasteiger partial charge in [0.05, 0.1) is 6.54 Å². The van der Waals surface area contributed by atoms with E-state index in [4.69, 9.17) is 4.74 Å². The standard InChI is InChI=1S/C19H27N5O4/c1-5-12-7-6-8-14(9-12)28-11-13(25)10-24-15-16(20-18(24)22(2)3)23(4)19(27)21-17(15)26/h6-9,13,15-16,25H,5,10-11H2,1-4H3,(H,21,26,27). The van der Waals surface area contributed by atoms with Crippen LogP contribution in [0.25, 0.3) is 0 Å². The molecule has 28 heavy (non-hydrogen) atoms. The molecule has 0 aliphatic carbocycles. The molecule has 3 amide bonds. The number of carbonyl (C=O) groups excluding carboxylic acids is 2. The van der Waals surface area contributed by atoms with Crippen molar-refractivity contribution in [3.63, 3.8) is 0 Å². The Hall–Kier alpha value is -2.81. The quantitative estimate of drug-likeness (QED) is 0.716. The highest BCUT2D eigenvalue weighted by atomic mass is 16.5. The zero-order valence-corrected chi connectivity index (χ0v) is 16.6. The molecule has 2 heterocycles. The average molecular weight is 389 g/mol. The summed E-state index contributed by atoms with van der Waals surface area (Å²) >= 11 is 0. The molecule has 0 saturated carbocycles. The van der Waals surface area contributed by atoms with E-state index in [1.165, 1.54) is 4.90 Å². The number of imide groups is 1. The van der Waals surface area contributed by atoms with Gasteiger partial charge in [-0.3, -0.25) is 10.1 Å². The molecule has 152 valence electrons. The minimum Gasteiger partial charge on any atom is -0.491 e. The van der Waals surface area contributed by atoms with Crippen LogP contribution >= 0.6 is 0 Å². The predicted octanol–water partition coefficient (Wildman–Crippen LogP) is 0.0982. The van der Waals surface area contributed by atoms with E-state index >= 15 is 0 Å². The maximum atomic E-state index is 12.4. The number of nitrogens with zero attached hydrogens (tertiary/aromatic N) is 4. The summed E-state index contributed by atoms with van der Waals surface area (Å²) in [6.07, 6.45) is -0.557. The third-order valence-corrected chi connectivity index (χ3v) is 4.90. The van der Waals surface area contributed by atoms with Gasteiger partial charge in [0.25, 0.3) is 5.91 Å². The second-order valence-electron chi connectivity index (χ2n) is 7.21. The lowest BCUT2D eigenvalue weighted by atomic mass is 10.1. The number of rotatable bonds is 6. The Kier molecular flexibility index (Phi) is 5.73. The van der Waals surface area contributed by atoms with Crippen LogP contribution in [0, 0.1) is 0 Å². The number of β-amino-alcohol motifs (C(OH)–C–C–N with tert-alkyl or cyclic N) is 1. The number of hydrogen-bond donors (Lipinski definition) is 2. The monoisotopic (exact) mass is 389 g/mol. The third kappa shape index (κ3) is 3.89. The predicted molar refractivity (Wildman–Crippen MR) is 104 cm³/mol. The number of aliphatic imine (C=N–C) groups is 1. The number of fused-ring (bicyclic) bond motifs is 1. The number of aliphatic hydroxyl groups is 1. The van der Waals surface area contributed by atoms with Crippen LogP contribution in [0.3, 0.4) is 0 Å². The number of urea groups is 1. The molecule has 1 aromatic rings. The Morgan fingerprint density at radius 1 is 1.36 bits per heavy atom. The normalized spacial score (nSPS) is 22.5. The molecule has 0 spiro atoms. The van der Waals surface area contributed by atoms with Crippen molar-refractivity contribution in [2.75, 3.05) is 34.3 Å². The molecular formula is C19H27N5O4. The number of nitrogens with one attached hydrogen (secondary N) is 1. The molecule has 9 heteroatoms. The first-order valence-electron chi connectivity index (χ1n) is 9.31. The topological polar surface area (TPSA) is 97.7 Å². The van der Waals surface area contributed by atoms with E-state index < -0.39 is 30.2 Å². The fraction of sp³-hybridized carbons (Fsp3) is 0.526. The zero-order chi connectivity index (χ0) is 20.4. The summed E-state index contributed by atoms with van der Waals surface area (Å²) in [6, 6.07) is 6.57. The van der Waals surface area contributed by atoms with Gasteiger partial charge in [0, 0.05) is 21.1 Å². The maximum absolute atomic E-state index is 12.4. The van der Waals surface area contributed by atoms with Gasteiger partial charge >= 0.3 is 6.03 Å². The molecule has 3 atom stereocenters. The second kappa shape index (κ2) is 8.05. The molecule has 3 rings (SSSR count). The van der Waals surface area contributed by atoms with Gasteiger partial charge in [-0.1, -0.05) is 19.1 Å². The molecule has 2 N–H and O–H groups in total. The SMILES string of the molecule is CCc1cccc(OCC(O)CN2C(N(C)C)=NC3C2C(=O)NC(=O)N3C)c1. The van der Waals surface area contributed by atoms with Crippen LogP contribution in [0.4, 0.5) is 4.79 Å². The van der Waals surface area contributed by atoms with Crippen LogP contribution < -0.4 is 10.1 Å². The Morgan fingerprint density at radius 2 is 2.11 bits per heavy atom. The van der Waals surface area contributed by atoms with Crippen molar-refractivity contribution in [1.82, 2.24) is 20.0 Å². The molecule has 9 nitrogen and oxygen atoms in total. The number of aliphatic hydroxyl groups excluding tert-OH is 1. The molecule has 1 fully saturated rings. The van der Waals surface area contributed by atoms with Crippen LogP contribution in [0.2, 0.25) is 0 Å². The van der Waals surface area contributed by atoms with Gasteiger partial charge < -0.3 is 24.5 Å². The highest BCUT2D eigenvalue weighted by Gasteiger charge is 2.49. The smallest absolute Gasteiger partial charge is 0.325 e. The van der Waals surface area contributed by atoms with Crippen molar-refractivity contribution in [2.45, 2.75) is 31.7 Å². The Balaban J connectivity index is 1.69. The third-order valence-electron chi connectivity index (χ3n) is 4.90. The summed E-state index contributed by atoms with van der Waals surface area (Å²) in [4.78, 5) is 33.7. The lowest BCUT2D eigenvalue weighted by molar-refractivity contribution is -0.127. The fourth-order valence-electron chi connectivity index (χ4n) is 3.41. The van der Waals surface area contributed by atoms with E-state index in [0.717, 1.165) is 12.0 Å². The van der Waals surface area contributed by atoms with Gasteiger partial charge in [-0.05, 0) is 24.1 Å². The Labute approximate surface area is 164 Å². The van der Waals surface area contributed by atoms with Crippen LogP contribution in [0.15, 0.2) is 29.3 Å². The number of ether oxygens (including phenoxy) is 1. The highest BCUT2D eigenvalue weighted by molar-refractivity contribution is 6.03. The number of benzene rings is 1. The number of likely N-dealkylation sites (N-methyl/N-ethyl adjacent to an activating group) is 1. The first-order valence-corrected chi connectivity index (χ1v) is 9.31. The number of amides is 3. The van der Waals surface area contributed by atoms with Crippen molar-refractivity contribution in [3.05, 3.63) is 29.8 Å². The molecule has 0 aromatic heterocycles. The maximum Gasteiger partial charge on any atom is 0.325 e. The molecule has 1 aromatic carbocycles. The lowest BCUT2D eigenvalue weighted by Gasteiger charge is -2.37. The van der Waals surface area contributed by atoms with Crippen LogP contribution in [0.1, 0.15) is 12.5 Å². The fourth-order valence-corrected chi connectivity index (χ4v) is 3.41. The van der Waals surface area contributed by atoms with Gasteiger partial charge in [-0.2, -0.15) is 0 Å². The number of hydrogen-bond acceptors (Lipinski definition) is 7. The van der Waals surface area contributed by atoms with E-state index in [2.05, 4.69) is 17.2 Å². The number of guanidine groups is 1. The van der Waals surface area contributed by atoms with Crippen LogP contribution in [-0.2, 0) is 11.2 Å². The molecule has 0 bridgehead atoms. The molecule has 2 aliphatic rings. The van der Waals surface area contributed by atoms with Crippen molar-refractivity contribution < 1.29 is 19.4 Å². The Morgan fingerprint density at radius 3 is 2.79 bits per heavy atom. The Bertz CT molecular complexity index is 781. The van der Waals surface area contributed by atoms with Crippen molar-refractivity contribution in [1.29, 1.82) is 0 Å². The minimum absolute atomic E-state index is 0.0815. The van der Waals surface area contributed by atoms with Gasteiger partial charge in [0.1, 0.15) is 18.5 Å². The summed E-state index contributed by atoms with van der Waals surface area (Å²) in [7, 11) is 5.21. The van der Waals surface area contributed by atoms with E-state index in [1.54, 1.807) is 16.8 Å². The van der Waals surface area contributed by atoms with Gasteiger partial charge in [0.15, 0.2) is 18.2 Å². The van der Waals surface area contributed by atoms with Gasteiger partial charge in [-0.15, -0.1) is 0 Å². The number of aryl methyl sites for hydroxylation is 1. The van der Waals surface area contributed by atoms with Crippen LogP contribution in [-0.4, -0.2) is 90.3 Å². The molecule has 0 radical (unpaired) electrons. The van der Waals surface area contributed by atoms with Crippen LogP contribution in [0.5, 0.6) is 5.75 Å². The van der Waals surface area contributed by atoms with Crippen molar-refractivity contribution >= 4 is 17.9 Å². The summed E-state index contributed by atoms with van der Waals surface area (Å²) in [6.45, 7) is 2.30. The average Bonchev–Trinajstić information content (AvgIpc) is 3.05. The molecule has 3 unspecified atom stereocenters. The van der Waals surface area contributed by atoms with E-state index in [0.29, 0.717) is 11.7 Å². The summed E-state index contributed by atoms with van der Waals surface area (Å²) in [5.41, 5.74) is 1.16. The van der Waals surface area contributed by atoms with E-state index in [-0.39, 0.29) is 13.2 Å². The summed E-state index contributed by atoms with van der Waals surface area (Å²) in [5, 5.41) is 12.9. The lowest BCUT2D eigenvalue weighted by Crippen LogP contribution is -2.64. The second-order valence-corrected chi connectivity index (χ2v) is 7.21. The first kappa shape index (κ1) is 19.9. The molecule has 2 aliphatic heterocycles.